The first-order valence-electron chi connectivity index (χ1n) is 6.79. The maximum Gasteiger partial charge on any atom is 0.322 e. The van der Waals surface area contributed by atoms with Crippen molar-refractivity contribution < 1.29 is 9.90 Å². The van der Waals surface area contributed by atoms with E-state index in [9.17, 15) is 4.79 Å². The number of amides is 2. The molecule has 2 amide bonds. The molecule has 2 heterocycles. The number of nitrogens with zero attached hydrogens (tertiary/aromatic N) is 2. The molecule has 1 aromatic heterocycles. The second kappa shape index (κ2) is 5.76. The molecule has 1 aliphatic heterocycles. The molecule has 0 radical (unpaired) electrons. The van der Waals surface area contributed by atoms with Crippen molar-refractivity contribution in [3.8, 4) is 0 Å². The van der Waals surface area contributed by atoms with E-state index in [1.165, 1.54) is 11.5 Å². The molecule has 1 aliphatic rings. The zero-order valence-electron chi connectivity index (χ0n) is 11.1. The lowest BCUT2D eigenvalue weighted by molar-refractivity contribution is 0.143. The number of piperidine rings is 1. The van der Waals surface area contributed by atoms with E-state index in [4.69, 9.17) is 5.11 Å². The molecule has 0 spiro atoms. The highest BCUT2D eigenvalue weighted by Crippen LogP contribution is 2.28. The third-order valence-electron chi connectivity index (χ3n) is 3.76. The number of aliphatic hydroxyl groups excluding tert-OH is 1. The molecular weight excluding hydrogens is 274 g/mol. The van der Waals surface area contributed by atoms with Gasteiger partial charge in [-0.3, -0.25) is 5.32 Å². The van der Waals surface area contributed by atoms with E-state index in [1.807, 2.05) is 24.3 Å². The molecule has 1 fully saturated rings. The summed E-state index contributed by atoms with van der Waals surface area (Å²) < 4.78 is 4.32. The van der Waals surface area contributed by atoms with Gasteiger partial charge in [0.2, 0.25) is 0 Å². The number of likely N-dealkylation sites (tertiary alicyclic amines) is 1. The van der Waals surface area contributed by atoms with Gasteiger partial charge in [0.15, 0.2) is 0 Å². The Morgan fingerprint density at radius 1 is 1.40 bits per heavy atom. The zero-order valence-corrected chi connectivity index (χ0v) is 11.9. The Kier molecular flexibility index (Phi) is 3.84. The Morgan fingerprint density at radius 2 is 2.15 bits per heavy atom. The molecular formula is C14H17N3O2S. The first kappa shape index (κ1) is 13.3. The largest absolute Gasteiger partial charge is 0.396 e. The summed E-state index contributed by atoms with van der Waals surface area (Å²) in [6.07, 6.45) is 1.74. The van der Waals surface area contributed by atoms with E-state index in [1.54, 1.807) is 4.90 Å². The molecule has 106 valence electrons. The number of carbonyl (C=O) groups is 1. The van der Waals surface area contributed by atoms with Gasteiger partial charge < -0.3 is 10.0 Å². The van der Waals surface area contributed by atoms with Gasteiger partial charge in [-0.05, 0) is 42.4 Å². The minimum atomic E-state index is -0.0733. The summed E-state index contributed by atoms with van der Waals surface area (Å²) in [4.78, 5) is 14.0. The van der Waals surface area contributed by atoms with Crippen LogP contribution < -0.4 is 5.32 Å². The number of aliphatic hydroxyl groups is 1. The highest BCUT2D eigenvalue weighted by Gasteiger charge is 2.23. The fourth-order valence-corrected chi connectivity index (χ4v) is 3.23. The number of urea groups is 1. The average molecular weight is 291 g/mol. The first-order chi connectivity index (χ1) is 9.78. The van der Waals surface area contributed by atoms with Crippen molar-refractivity contribution in [2.24, 2.45) is 5.92 Å². The van der Waals surface area contributed by atoms with E-state index in [-0.39, 0.29) is 12.6 Å². The number of nitrogens with one attached hydrogen (secondary N) is 1. The highest BCUT2D eigenvalue weighted by atomic mass is 32.1. The molecule has 2 aromatic rings. The van der Waals surface area contributed by atoms with Gasteiger partial charge in [0, 0.05) is 25.1 Å². The predicted octanol–water partition coefficient (Wildman–Crippen LogP) is 2.53. The smallest absolute Gasteiger partial charge is 0.322 e. The van der Waals surface area contributed by atoms with Crippen LogP contribution in [0.3, 0.4) is 0 Å². The van der Waals surface area contributed by atoms with Crippen LogP contribution in [0.25, 0.3) is 10.9 Å². The number of hydrogen-bond donors (Lipinski definition) is 2. The Bertz CT molecular complexity index is 605. The number of rotatable bonds is 2. The van der Waals surface area contributed by atoms with Crippen LogP contribution in [0.1, 0.15) is 12.8 Å². The van der Waals surface area contributed by atoms with Gasteiger partial charge in [-0.25, -0.2) is 4.79 Å². The van der Waals surface area contributed by atoms with E-state index >= 15 is 0 Å². The van der Waals surface area contributed by atoms with E-state index in [0.29, 0.717) is 19.0 Å². The van der Waals surface area contributed by atoms with Crippen molar-refractivity contribution >= 4 is 33.5 Å². The maximum absolute atomic E-state index is 12.2. The quantitative estimate of drug-likeness (QED) is 0.893. The summed E-state index contributed by atoms with van der Waals surface area (Å²) in [6, 6.07) is 7.71. The predicted molar refractivity (Wildman–Crippen MR) is 80.0 cm³/mol. The SMILES string of the molecule is O=C(Nc1snc2ccccc12)N1CCC(CO)CC1. The summed E-state index contributed by atoms with van der Waals surface area (Å²) >= 11 is 1.31. The molecule has 5 nitrogen and oxygen atoms in total. The standard InChI is InChI=1S/C14H17N3O2S/c18-9-10-5-7-17(8-6-10)14(19)15-13-11-3-1-2-4-12(11)16-20-13/h1-4,10,18H,5-9H2,(H,15,19). The second-order valence-corrected chi connectivity index (χ2v) is 5.85. The van der Waals surface area contributed by atoms with Crippen LogP contribution >= 0.6 is 11.5 Å². The van der Waals surface area contributed by atoms with Crippen molar-refractivity contribution in [3.05, 3.63) is 24.3 Å². The molecule has 6 heteroatoms. The minimum absolute atomic E-state index is 0.0733. The topological polar surface area (TPSA) is 65.5 Å². The lowest BCUT2D eigenvalue weighted by Crippen LogP contribution is -2.41. The Labute approximate surface area is 121 Å². The molecule has 0 bridgehead atoms. The van der Waals surface area contributed by atoms with Crippen LogP contribution in [0.5, 0.6) is 0 Å². The van der Waals surface area contributed by atoms with Crippen LogP contribution in [0, 0.1) is 5.92 Å². The number of fused-ring (bicyclic) bond motifs is 1. The third-order valence-corrected chi connectivity index (χ3v) is 4.56. The lowest BCUT2D eigenvalue weighted by atomic mass is 9.98. The summed E-state index contributed by atoms with van der Waals surface area (Å²) in [7, 11) is 0. The number of carbonyl (C=O) groups excluding carboxylic acids is 1. The van der Waals surface area contributed by atoms with Crippen molar-refractivity contribution in [2.45, 2.75) is 12.8 Å². The number of hydrogen-bond acceptors (Lipinski definition) is 4. The number of aromatic nitrogens is 1. The second-order valence-electron chi connectivity index (χ2n) is 5.07. The van der Waals surface area contributed by atoms with Crippen LogP contribution in [-0.2, 0) is 0 Å². The van der Waals surface area contributed by atoms with Gasteiger partial charge in [-0.15, -0.1) is 0 Å². The Morgan fingerprint density at radius 3 is 2.90 bits per heavy atom. The van der Waals surface area contributed by atoms with Crippen LogP contribution in [0.15, 0.2) is 24.3 Å². The monoisotopic (exact) mass is 291 g/mol. The van der Waals surface area contributed by atoms with E-state index in [2.05, 4.69) is 9.69 Å². The summed E-state index contributed by atoms with van der Waals surface area (Å²) in [6.45, 7) is 1.62. The van der Waals surface area contributed by atoms with E-state index in [0.717, 1.165) is 28.7 Å². The summed E-state index contributed by atoms with van der Waals surface area (Å²) in [5.41, 5.74) is 0.909. The van der Waals surface area contributed by atoms with Gasteiger partial charge in [0.1, 0.15) is 5.00 Å². The zero-order chi connectivity index (χ0) is 13.9. The van der Waals surface area contributed by atoms with Crippen molar-refractivity contribution in [2.75, 3.05) is 25.0 Å². The van der Waals surface area contributed by atoms with Crippen molar-refractivity contribution in [1.82, 2.24) is 9.27 Å². The third kappa shape index (κ3) is 2.62. The van der Waals surface area contributed by atoms with Gasteiger partial charge in [-0.1, -0.05) is 12.1 Å². The molecule has 0 saturated carbocycles. The molecule has 20 heavy (non-hydrogen) atoms. The summed E-state index contributed by atoms with van der Waals surface area (Å²) in [5.74, 6) is 0.336. The van der Waals surface area contributed by atoms with Gasteiger partial charge >= 0.3 is 6.03 Å². The molecule has 0 unspecified atom stereocenters. The van der Waals surface area contributed by atoms with Gasteiger partial charge in [0.05, 0.1) is 5.52 Å². The molecule has 0 aliphatic carbocycles. The minimum Gasteiger partial charge on any atom is -0.396 e. The summed E-state index contributed by atoms with van der Waals surface area (Å²) in [5, 5.41) is 13.8. The lowest BCUT2D eigenvalue weighted by Gasteiger charge is -2.30. The molecule has 2 N–H and O–H groups in total. The molecule has 3 rings (SSSR count). The van der Waals surface area contributed by atoms with E-state index < -0.39 is 0 Å². The van der Waals surface area contributed by atoms with Crippen molar-refractivity contribution in [1.29, 1.82) is 0 Å². The average Bonchev–Trinajstić information content (AvgIpc) is 2.91. The Balaban J connectivity index is 1.67. The van der Waals surface area contributed by atoms with Crippen LogP contribution in [0.2, 0.25) is 0 Å². The normalized spacial score (nSPS) is 16.6. The van der Waals surface area contributed by atoms with Gasteiger partial charge in [0.25, 0.3) is 0 Å². The molecule has 1 aromatic carbocycles. The van der Waals surface area contributed by atoms with Crippen LogP contribution in [0.4, 0.5) is 9.80 Å². The maximum atomic E-state index is 12.2. The Hall–Kier alpha value is -1.66. The first-order valence-corrected chi connectivity index (χ1v) is 7.56. The number of anilines is 1. The highest BCUT2D eigenvalue weighted by molar-refractivity contribution is 7.12. The molecule has 1 saturated heterocycles. The molecule has 0 atom stereocenters. The fourth-order valence-electron chi connectivity index (χ4n) is 2.47. The number of benzene rings is 1. The van der Waals surface area contributed by atoms with Crippen LogP contribution in [-0.4, -0.2) is 40.1 Å². The van der Waals surface area contributed by atoms with Gasteiger partial charge in [-0.2, -0.15) is 4.37 Å². The fraction of sp³-hybridized carbons (Fsp3) is 0.429. The van der Waals surface area contributed by atoms with Crippen molar-refractivity contribution in [3.63, 3.8) is 0 Å².